The van der Waals surface area contributed by atoms with Crippen LogP contribution in [0.2, 0.25) is 5.02 Å². The van der Waals surface area contributed by atoms with Crippen LogP contribution in [0.4, 0.5) is 0 Å². The van der Waals surface area contributed by atoms with E-state index in [0.29, 0.717) is 22.4 Å². The Kier molecular flexibility index (Phi) is 4.44. The van der Waals surface area contributed by atoms with Gasteiger partial charge in [-0.2, -0.15) is 0 Å². The third-order valence-electron chi connectivity index (χ3n) is 5.01. The molecule has 0 radical (unpaired) electrons. The van der Waals surface area contributed by atoms with Crippen LogP contribution in [0.1, 0.15) is 31.4 Å². The molecule has 0 spiro atoms. The number of hydrogen-bond acceptors (Lipinski definition) is 5. The second-order valence-electron chi connectivity index (χ2n) is 6.96. The molecule has 0 bridgehead atoms. The Hall–Kier alpha value is -1.98. The summed E-state index contributed by atoms with van der Waals surface area (Å²) in [5, 5.41) is 9.73. The van der Waals surface area contributed by atoms with Crippen LogP contribution < -0.4 is 5.73 Å². The maximum Gasteiger partial charge on any atom is 0.107 e. The van der Waals surface area contributed by atoms with E-state index in [2.05, 4.69) is 9.98 Å². The Morgan fingerprint density at radius 3 is 2.88 bits per heavy atom. The first kappa shape index (κ1) is 16.5. The maximum absolute atomic E-state index is 9.14. The molecule has 5 nitrogen and oxygen atoms in total. The van der Waals surface area contributed by atoms with Gasteiger partial charge in [0.05, 0.1) is 28.5 Å². The van der Waals surface area contributed by atoms with Crippen molar-refractivity contribution in [2.24, 2.45) is 22.6 Å². The Labute approximate surface area is 151 Å². The van der Waals surface area contributed by atoms with Crippen molar-refractivity contribution in [3.63, 3.8) is 0 Å². The van der Waals surface area contributed by atoms with Crippen molar-refractivity contribution < 1.29 is 5.11 Å². The van der Waals surface area contributed by atoms with Gasteiger partial charge in [0.2, 0.25) is 0 Å². The summed E-state index contributed by atoms with van der Waals surface area (Å²) in [7, 11) is 0. The molecule has 2 aromatic rings. The summed E-state index contributed by atoms with van der Waals surface area (Å²) >= 11 is 6.18. The highest BCUT2D eigenvalue weighted by atomic mass is 35.5. The van der Waals surface area contributed by atoms with Crippen LogP contribution in [0.5, 0.6) is 0 Å². The van der Waals surface area contributed by atoms with Crippen molar-refractivity contribution >= 4 is 34.4 Å². The van der Waals surface area contributed by atoms with Crippen LogP contribution in [0.25, 0.3) is 16.6 Å². The van der Waals surface area contributed by atoms with Crippen LogP contribution in [0.3, 0.4) is 0 Å². The van der Waals surface area contributed by atoms with Crippen molar-refractivity contribution in [3.05, 3.63) is 40.8 Å². The van der Waals surface area contributed by atoms with Crippen molar-refractivity contribution in [2.45, 2.75) is 31.7 Å². The number of hydrogen-bond donors (Lipinski definition) is 2. The molecule has 0 atom stereocenters. The largest absolute Gasteiger partial charge is 0.401 e. The normalized spacial score (nSPS) is 24.4. The van der Waals surface area contributed by atoms with Crippen LogP contribution in [0, 0.1) is 11.8 Å². The number of halogens is 1. The van der Waals surface area contributed by atoms with Crippen LogP contribution in [-0.4, -0.2) is 33.9 Å². The topological polar surface area (TPSA) is 84.4 Å². The molecule has 1 aromatic carbocycles. The Bertz CT molecular complexity index is 854. The molecule has 1 aromatic heterocycles. The quantitative estimate of drug-likeness (QED) is 0.805. The van der Waals surface area contributed by atoms with E-state index in [4.69, 9.17) is 27.4 Å². The number of para-hydroxylation sites is 1. The minimum atomic E-state index is 0.246. The van der Waals surface area contributed by atoms with Gasteiger partial charge < -0.3 is 10.8 Å². The first-order valence-corrected chi connectivity index (χ1v) is 9.09. The number of allylic oxidation sites excluding steroid dienone is 2. The van der Waals surface area contributed by atoms with Gasteiger partial charge in [-0.05, 0) is 49.7 Å². The van der Waals surface area contributed by atoms with Gasteiger partial charge in [0.15, 0.2) is 0 Å². The highest BCUT2D eigenvalue weighted by Crippen LogP contribution is 2.37. The second-order valence-corrected chi connectivity index (χ2v) is 7.37. The van der Waals surface area contributed by atoms with E-state index in [1.165, 1.54) is 0 Å². The van der Waals surface area contributed by atoms with E-state index in [-0.39, 0.29) is 12.6 Å². The number of nitrogens with two attached hydrogens (primary N) is 1. The summed E-state index contributed by atoms with van der Waals surface area (Å²) in [6.07, 6.45) is 7.68. The highest BCUT2D eigenvalue weighted by Gasteiger charge is 2.29. The number of fused-ring (bicyclic) bond motifs is 1. The summed E-state index contributed by atoms with van der Waals surface area (Å²) < 4.78 is 0. The minimum Gasteiger partial charge on any atom is -0.401 e. The monoisotopic (exact) mass is 356 g/mol. The number of aromatic nitrogens is 2. The predicted octanol–water partition coefficient (Wildman–Crippen LogP) is 3.20. The van der Waals surface area contributed by atoms with E-state index < -0.39 is 0 Å². The number of aliphatic hydroxyl groups is 1. The van der Waals surface area contributed by atoms with Crippen molar-refractivity contribution in [2.75, 3.05) is 6.61 Å². The maximum atomic E-state index is 9.14. The van der Waals surface area contributed by atoms with E-state index in [1.807, 2.05) is 24.4 Å². The number of rotatable bonds is 5. The Morgan fingerprint density at radius 1 is 1.36 bits per heavy atom. The molecule has 0 unspecified atom stereocenters. The molecule has 25 heavy (non-hydrogen) atoms. The molecule has 2 aliphatic carbocycles. The molecule has 2 saturated carbocycles. The molecule has 1 heterocycles. The van der Waals surface area contributed by atoms with E-state index in [1.54, 1.807) is 6.20 Å². The van der Waals surface area contributed by atoms with Gasteiger partial charge in [0, 0.05) is 24.1 Å². The molecule has 4 rings (SSSR count). The predicted molar refractivity (Wildman–Crippen MR) is 100 cm³/mol. The summed E-state index contributed by atoms with van der Waals surface area (Å²) in [4.78, 5) is 13.8. The first-order chi connectivity index (χ1) is 12.2. The number of nitrogens with zero attached hydrogens (tertiary/aromatic N) is 3. The molecular weight excluding hydrogens is 336 g/mol. The number of benzene rings is 1. The van der Waals surface area contributed by atoms with Gasteiger partial charge >= 0.3 is 0 Å². The molecule has 3 N–H and O–H groups in total. The fourth-order valence-electron chi connectivity index (χ4n) is 3.19. The lowest BCUT2D eigenvalue weighted by atomic mass is 9.81. The summed E-state index contributed by atoms with van der Waals surface area (Å²) in [6, 6.07) is 5.84. The molecule has 2 fully saturated rings. The van der Waals surface area contributed by atoms with Gasteiger partial charge in [-0.3, -0.25) is 9.98 Å². The van der Waals surface area contributed by atoms with Crippen molar-refractivity contribution in [1.29, 1.82) is 0 Å². The van der Waals surface area contributed by atoms with Crippen molar-refractivity contribution in [1.82, 2.24) is 9.97 Å². The van der Waals surface area contributed by atoms with Gasteiger partial charge in [0.1, 0.15) is 5.52 Å². The third kappa shape index (κ3) is 3.39. The minimum absolute atomic E-state index is 0.246. The Morgan fingerprint density at radius 2 is 2.16 bits per heavy atom. The molecule has 130 valence electrons. The zero-order valence-corrected chi connectivity index (χ0v) is 14.7. The smallest absolute Gasteiger partial charge is 0.107 e. The van der Waals surface area contributed by atoms with Gasteiger partial charge in [-0.15, -0.1) is 0 Å². The summed E-state index contributed by atoms with van der Waals surface area (Å²) in [5.41, 5.74) is 10.3. The standard InChI is InChI=1S/C19H21ClN4O/c20-15-2-1-3-16-19(15)23-9-17(24-16)14(18(21)12-4-5-12)8-22-13-6-11(7-13)10-25/h1-3,8-9,11-13,25H,4-7,10,21H2. The van der Waals surface area contributed by atoms with Gasteiger partial charge in [-0.1, -0.05) is 17.7 Å². The van der Waals surface area contributed by atoms with Crippen LogP contribution in [0.15, 0.2) is 35.1 Å². The molecule has 0 saturated heterocycles. The van der Waals surface area contributed by atoms with Crippen molar-refractivity contribution in [3.8, 4) is 0 Å². The van der Waals surface area contributed by atoms with Gasteiger partial charge in [-0.25, -0.2) is 4.98 Å². The van der Waals surface area contributed by atoms with Crippen LogP contribution in [-0.2, 0) is 0 Å². The number of aliphatic imine (C=N–C) groups is 1. The zero-order valence-electron chi connectivity index (χ0n) is 13.9. The molecular formula is C19H21ClN4O. The Balaban J connectivity index is 1.67. The second kappa shape index (κ2) is 6.73. The molecule has 0 amide bonds. The highest BCUT2D eigenvalue weighted by molar-refractivity contribution is 6.34. The zero-order chi connectivity index (χ0) is 17.4. The fourth-order valence-corrected chi connectivity index (χ4v) is 3.41. The lowest BCUT2D eigenvalue weighted by Gasteiger charge is -2.30. The van der Waals surface area contributed by atoms with E-state index in [9.17, 15) is 0 Å². The lowest BCUT2D eigenvalue weighted by Crippen LogP contribution is -2.29. The average Bonchev–Trinajstić information content (AvgIpc) is 3.41. The summed E-state index contributed by atoms with van der Waals surface area (Å²) in [5.74, 6) is 0.808. The molecule has 6 heteroatoms. The first-order valence-electron chi connectivity index (χ1n) is 8.71. The van der Waals surface area contributed by atoms with Crippen LogP contribution >= 0.6 is 11.6 Å². The van der Waals surface area contributed by atoms with E-state index >= 15 is 0 Å². The summed E-state index contributed by atoms with van der Waals surface area (Å²) in [6.45, 7) is 0.246. The molecule has 0 aliphatic heterocycles. The van der Waals surface area contributed by atoms with Gasteiger partial charge in [0.25, 0.3) is 0 Å². The lowest BCUT2D eigenvalue weighted by molar-refractivity contribution is 0.145. The van der Waals surface area contributed by atoms with E-state index in [0.717, 1.165) is 48.2 Å². The third-order valence-corrected chi connectivity index (χ3v) is 5.31. The fraction of sp³-hybridized carbons (Fsp3) is 0.421. The molecule has 2 aliphatic rings. The average molecular weight is 357 g/mol. The SMILES string of the molecule is NC(=C(C=NC1CC(CO)C1)c1cnc2c(Cl)cccc2n1)C1CC1. The number of aliphatic hydroxyl groups excluding tert-OH is 1.